The summed E-state index contributed by atoms with van der Waals surface area (Å²) in [6, 6.07) is 20.8. The SMILES string of the molecule is COc1cccc([C@@H]2C(C(=O)Nc3ccccc3)=C(C)N=c3s/c(=C\c4cc(Br)ccc4OC(C)=O)c(=O)n32)c1. The van der Waals surface area contributed by atoms with Crippen molar-refractivity contribution < 1.29 is 19.1 Å². The number of carbonyl (C=O) groups excluding carboxylic acids is 2. The Morgan fingerprint density at radius 1 is 1.07 bits per heavy atom. The topological polar surface area (TPSA) is 99.0 Å². The third-order valence-electron chi connectivity index (χ3n) is 6.22. The summed E-state index contributed by atoms with van der Waals surface area (Å²) in [5.74, 6) is 0.0853. The largest absolute Gasteiger partial charge is 0.497 e. The highest BCUT2D eigenvalue weighted by molar-refractivity contribution is 9.10. The number of rotatable bonds is 6. The molecule has 1 amide bonds. The molecule has 4 aromatic rings. The fourth-order valence-electron chi connectivity index (χ4n) is 4.48. The van der Waals surface area contributed by atoms with Gasteiger partial charge in [0.15, 0.2) is 4.80 Å². The number of fused-ring (bicyclic) bond motifs is 1. The van der Waals surface area contributed by atoms with E-state index in [0.717, 1.165) is 4.47 Å². The van der Waals surface area contributed by atoms with Crippen molar-refractivity contribution in [1.29, 1.82) is 0 Å². The van der Waals surface area contributed by atoms with E-state index in [1.54, 1.807) is 56.5 Å². The molecule has 8 nitrogen and oxygen atoms in total. The number of esters is 1. The van der Waals surface area contributed by atoms with Gasteiger partial charge in [-0.2, -0.15) is 0 Å². The van der Waals surface area contributed by atoms with Crippen LogP contribution < -0.4 is 29.7 Å². The van der Waals surface area contributed by atoms with Gasteiger partial charge in [0, 0.05) is 22.6 Å². The van der Waals surface area contributed by atoms with Gasteiger partial charge < -0.3 is 14.8 Å². The molecular formula is C30H24BrN3O5S. The molecule has 1 atom stereocenters. The molecule has 1 N–H and O–H groups in total. The summed E-state index contributed by atoms with van der Waals surface area (Å²) in [5, 5.41) is 2.94. The summed E-state index contributed by atoms with van der Waals surface area (Å²) >= 11 is 4.64. The molecule has 5 rings (SSSR count). The quantitative estimate of drug-likeness (QED) is 0.252. The molecule has 10 heteroatoms. The van der Waals surface area contributed by atoms with E-state index in [-0.39, 0.29) is 11.5 Å². The Hall–Kier alpha value is -4.28. The van der Waals surface area contributed by atoms with Crippen LogP contribution in [0.25, 0.3) is 6.08 Å². The summed E-state index contributed by atoms with van der Waals surface area (Å²) in [7, 11) is 1.56. The number of methoxy groups -OCH3 is 1. The summed E-state index contributed by atoms with van der Waals surface area (Å²) in [6.07, 6.45) is 1.67. The molecule has 0 saturated carbocycles. The lowest BCUT2D eigenvalue weighted by molar-refractivity contribution is -0.131. The molecule has 2 heterocycles. The molecule has 202 valence electrons. The third-order valence-corrected chi connectivity index (χ3v) is 7.70. The molecule has 0 spiro atoms. The Morgan fingerprint density at radius 2 is 1.85 bits per heavy atom. The number of para-hydroxylation sites is 1. The second-order valence-electron chi connectivity index (χ2n) is 8.95. The monoisotopic (exact) mass is 617 g/mol. The molecule has 0 saturated heterocycles. The fourth-order valence-corrected chi connectivity index (χ4v) is 5.90. The number of halogens is 1. The number of hydrogen-bond acceptors (Lipinski definition) is 7. The zero-order valence-electron chi connectivity index (χ0n) is 21.8. The molecule has 0 aliphatic carbocycles. The van der Waals surface area contributed by atoms with Crippen LogP contribution in [0.1, 0.15) is 31.0 Å². The highest BCUT2D eigenvalue weighted by Crippen LogP contribution is 2.32. The van der Waals surface area contributed by atoms with Gasteiger partial charge in [0.25, 0.3) is 11.5 Å². The van der Waals surface area contributed by atoms with Crippen molar-refractivity contribution in [3.63, 3.8) is 0 Å². The number of anilines is 1. The average Bonchev–Trinajstić information content (AvgIpc) is 3.23. The van der Waals surface area contributed by atoms with Crippen LogP contribution in [0, 0.1) is 0 Å². The number of nitrogens with zero attached hydrogens (tertiary/aromatic N) is 2. The van der Waals surface area contributed by atoms with Crippen molar-refractivity contribution >= 4 is 50.9 Å². The number of allylic oxidation sites excluding steroid dienone is 1. The number of benzene rings is 3. The Balaban J connectivity index is 1.70. The summed E-state index contributed by atoms with van der Waals surface area (Å²) in [6.45, 7) is 3.08. The van der Waals surface area contributed by atoms with Gasteiger partial charge in [0.2, 0.25) is 0 Å². The second-order valence-corrected chi connectivity index (χ2v) is 10.9. The standard InChI is InChI=1S/C30H24BrN3O5S/c1-17-26(28(36)33-22-9-5-4-6-10-22)27(19-8-7-11-23(15-19)38-3)34-29(37)25(40-30(34)32-17)16-20-14-21(31)12-13-24(20)39-18(2)35/h4-16,27H,1-3H3,(H,33,36)/b25-16-/t27-/m1/s1. The summed E-state index contributed by atoms with van der Waals surface area (Å²) < 4.78 is 13.5. The first-order chi connectivity index (χ1) is 19.2. The van der Waals surface area contributed by atoms with Crippen molar-refractivity contribution in [1.82, 2.24) is 4.57 Å². The molecule has 40 heavy (non-hydrogen) atoms. The van der Waals surface area contributed by atoms with Crippen LogP contribution in [0.2, 0.25) is 0 Å². The highest BCUT2D eigenvalue weighted by Gasteiger charge is 2.32. The molecule has 0 radical (unpaired) electrons. The van der Waals surface area contributed by atoms with E-state index in [0.29, 0.717) is 48.9 Å². The second kappa shape index (κ2) is 11.4. The molecule has 1 aliphatic heterocycles. The van der Waals surface area contributed by atoms with Gasteiger partial charge >= 0.3 is 5.97 Å². The molecule has 1 aliphatic rings. The molecule has 0 bridgehead atoms. The van der Waals surface area contributed by atoms with Gasteiger partial charge in [-0.1, -0.05) is 57.6 Å². The lowest BCUT2D eigenvalue weighted by Gasteiger charge is -2.25. The van der Waals surface area contributed by atoms with Crippen LogP contribution in [0.3, 0.4) is 0 Å². The number of aromatic nitrogens is 1. The normalized spacial score (nSPS) is 14.8. The zero-order valence-corrected chi connectivity index (χ0v) is 24.2. The summed E-state index contributed by atoms with van der Waals surface area (Å²) in [4.78, 5) is 44.5. The van der Waals surface area contributed by atoms with Gasteiger partial charge in [-0.05, 0) is 61.0 Å². The first-order valence-electron chi connectivity index (χ1n) is 12.3. The Kier molecular flexibility index (Phi) is 7.81. The third kappa shape index (κ3) is 5.54. The van der Waals surface area contributed by atoms with Gasteiger partial charge in [0.05, 0.1) is 29.0 Å². The van der Waals surface area contributed by atoms with Crippen LogP contribution in [0.4, 0.5) is 5.69 Å². The minimum Gasteiger partial charge on any atom is -0.497 e. The van der Waals surface area contributed by atoms with Gasteiger partial charge in [0.1, 0.15) is 11.5 Å². The number of amides is 1. The summed E-state index contributed by atoms with van der Waals surface area (Å²) in [5.41, 5.74) is 2.38. The number of thiazole rings is 1. The first-order valence-corrected chi connectivity index (χ1v) is 13.9. The smallest absolute Gasteiger partial charge is 0.308 e. The van der Waals surface area contributed by atoms with Crippen LogP contribution >= 0.6 is 27.3 Å². The van der Waals surface area contributed by atoms with E-state index in [4.69, 9.17) is 9.47 Å². The maximum atomic E-state index is 14.0. The molecule has 0 fully saturated rings. The molecule has 0 unspecified atom stereocenters. The minimum atomic E-state index is -0.757. The average molecular weight is 619 g/mol. The Morgan fingerprint density at radius 3 is 2.58 bits per heavy atom. The van der Waals surface area contributed by atoms with Gasteiger partial charge in [-0.3, -0.25) is 19.0 Å². The van der Waals surface area contributed by atoms with E-state index in [2.05, 4.69) is 26.2 Å². The first kappa shape index (κ1) is 27.3. The van der Waals surface area contributed by atoms with Crippen molar-refractivity contribution in [2.45, 2.75) is 19.9 Å². The van der Waals surface area contributed by atoms with Crippen molar-refractivity contribution in [3.05, 3.63) is 119 Å². The lowest BCUT2D eigenvalue weighted by Crippen LogP contribution is -2.40. The van der Waals surface area contributed by atoms with E-state index in [1.165, 1.54) is 22.8 Å². The van der Waals surface area contributed by atoms with E-state index in [1.807, 2.05) is 36.4 Å². The maximum Gasteiger partial charge on any atom is 0.308 e. The van der Waals surface area contributed by atoms with Crippen LogP contribution in [0.15, 0.2) is 98.3 Å². The molecular weight excluding hydrogens is 594 g/mol. The van der Waals surface area contributed by atoms with E-state index in [9.17, 15) is 14.4 Å². The van der Waals surface area contributed by atoms with Crippen molar-refractivity contribution in [2.24, 2.45) is 4.99 Å². The molecule has 3 aromatic carbocycles. The van der Waals surface area contributed by atoms with Crippen molar-refractivity contribution in [3.8, 4) is 11.5 Å². The zero-order chi connectivity index (χ0) is 28.4. The van der Waals surface area contributed by atoms with Gasteiger partial charge in [-0.25, -0.2) is 4.99 Å². The van der Waals surface area contributed by atoms with Crippen molar-refractivity contribution in [2.75, 3.05) is 12.4 Å². The molecule has 1 aromatic heterocycles. The Bertz CT molecular complexity index is 1840. The lowest BCUT2D eigenvalue weighted by atomic mass is 9.95. The number of nitrogens with one attached hydrogen (secondary N) is 1. The van der Waals surface area contributed by atoms with E-state index >= 15 is 0 Å². The predicted octanol–water partition coefficient (Wildman–Crippen LogP) is 4.57. The van der Waals surface area contributed by atoms with Gasteiger partial charge in [-0.15, -0.1) is 0 Å². The minimum absolute atomic E-state index is 0.324. The number of hydrogen-bond donors (Lipinski definition) is 1. The van der Waals surface area contributed by atoms with Crippen LogP contribution in [-0.4, -0.2) is 23.6 Å². The number of carbonyl (C=O) groups is 2. The highest BCUT2D eigenvalue weighted by atomic mass is 79.9. The predicted molar refractivity (Wildman–Crippen MR) is 157 cm³/mol. The maximum absolute atomic E-state index is 14.0. The van der Waals surface area contributed by atoms with Crippen LogP contribution in [-0.2, 0) is 9.59 Å². The van der Waals surface area contributed by atoms with Crippen LogP contribution in [0.5, 0.6) is 11.5 Å². The Labute approximate surface area is 242 Å². The fraction of sp³-hybridized carbons (Fsp3) is 0.133. The van der Waals surface area contributed by atoms with E-state index < -0.39 is 12.0 Å². The number of ether oxygens (including phenoxy) is 2.